The summed E-state index contributed by atoms with van der Waals surface area (Å²) in [5.74, 6) is -0.976. The van der Waals surface area contributed by atoms with Crippen molar-refractivity contribution in [2.24, 2.45) is 5.41 Å². The lowest BCUT2D eigenvalue weighted by molar-refractivity contribution is -0.148. The van der Waals surface area contributed by atoms with E-state index in [0.717, 1.165) is 4.80 Å². The van der Waals surface area contributed by atoms with Crippen LogP contribution in [0.3, 0.4) is 0 Å². The van der Waals surface area contributed by atoms with Crippen molar-refractivity contribution in [2.75, 3.05) is 23.5 Å². The van der Waals surface area contributed by atoms with Gasteiger partial charge in [-0.1, -0.05) is 12.0 Å². The Morgan fingerprint density at radius 2 is 1.66 bits per heavy atom. The van der Waals surface area contributed by atoms with Crippen LogP contribution < -0.4 is 14.5 Å². The number of benzene rings is 2. The summed E-state index contributed by atoms with van der Waals surface area (Å²) in [6.07, 6.45) is -10.3. The monoisotopic (exact) mass is 672 g/mol. The van der Waals surface area contributed by atoms with Gasteiger partial charge in [-0.25, -0.2) is 4.79 Å². The van der Waals surface area contributed by atoms with Gasteiger partial charge in [-0.05, 0) is 80.8 Å². The summed E-state index contributed by atoms with van der Waals surface area (Å²) in [4.78, 5) is 28.7. The van der Waals surface area contributed by atoms with Crippen molar-refractivity contribution in [3.63, 3.8) is 0 Å². The average Bonchev–Trinajstić information content (AvgIpc) is 3.45. The fourth-order valence-electron chi connectivity index (χ4n) is 5.38. The number of hydrogen-bond donors (Lipinski definition) is 1. The van der Waals surface area contributed by atoms with Gasteiger partial charge >= 0.3 is 24.4 Å². The molecular weight excluding hydrogens is 638 g/mol. The van der Waals surface area contributed by atoms with Crippen molar-refractivity contribution in [1.82, 2.24) is 20.2 Å². The Labute approximate surface area is 266 Å². The Kier molecular flexibility index (Phi) is 9.97. The fraction of sp³-hybridized carbons (Fsp3) is 0.500. The second-order valence-corrected chi connectivity index (χ2v) is 11.7. The number of ether oxygens (including phenoxy) is 2. The minimum Gasteiger partial charge on any atom is -0.497 e. The zero-order valence-electron chi connectivity index (χ0n) is 26.2. The Hall–Kier alpha value is -4.57. The number of carbonyl (C=O) groups is 2. The number of amides is 1. The van der Waals surface area contributed by atoms with E-state index in [1.165, 1.54) is 30.8 Å². The van der Waals surface area contributed by atoms with Gasteiger partial charge in [0.15, 0.2) is 0 Å². The molecule has 1 aromatic heterocycles. The number of fused-ring (bicyclic) bond motifs is 1. The molecular formula is C30H34F6N6O5. The molecule has 1 amide bonds. The standard InChI is InChI=1S/C30H34F6N6O5/c1-6-20-13-24(22-14-21(46-5)8-9-23(22)42(20)27(45)47-7-2)40(26-37-39-41(38-26)16-28(3,4)25(43)44)15-17-10-18(29(31,32)33)12-19(11-17)30(34,35)36/h8-12,14,20,24H,6-7,13,15-16H2,1-5H3,(H,43,44)/t20-,24?/m1/s1. The maximum absolute atomic E-state index is 13.8. The molecule has 1 unspecified atom stereocenters. The maximum Gasteiger partial charge on any atom is 0.416 e. The van der Waals surface area contributed by atoms with Gasteiger partial charge < -0.3 is 19.5 Å². The molecule has 0 radical (unpaired) electrons. The first-order chi connectivity index (χ1) is 21.9. The van der Waals surface area contributed by atoms with Crippen LogP contribution in [0.5, 0.6) is 5.75 Å². The van der Waals surface area contributed by atoms with Crippen LogP contribution in [-0.2, 0) is 35.0 Å². The predicted octanol–water partition coefficient (Wildman–Crippen LogP) is 6.72. The number of rotatable bonds is 10. The van der Waals surface area contributed by atoms with E-state index in [1.54, 1.807) is 25.1 Å². The molecule has 17 heteroatoms. The van der Waals surface area contributed by atoms with Crippen molar-refractivity contribution in [1.29, 1.82) is 0 Å². The minimum absolute atomic E-state index is 0.0431. The fourth-order valence-corrected chi connectivity index (χ4v) is 5.38. The van der Waals surface area contributed by atoms with Crippen molar-refractivity contribution in [2.45, 2.75) is 78.1 Å². The number of carboxylic acid groups (broad SMARTS) is 1. The number of halogens is 6. The molecule has 11 nitrogen and oxygen atoms in total. The van der Waals surface area contributed by atoms with Crippen LogP contribution in [0.15, 0.2) is 36.4 Å². The van der Waals surface area contributed by atoms with E-state index in [2.05, 4.69) is 15.4 Å². The molecule has 0 bridgehead atoms. The summed E-state index contributed by atoms with van der Waals surface area (Å²) in [6.45, 7) is 5.62. The number of methoxy groups -OCH3 is 1. The molecule has 1 N–H and O–H groups in total. The summed E-state index contributed by atoms with van der Waals surface area (Å²) < 4.78 is 93.6. The molecule has 2 heterocycles. The number of tetrazole rings is 1. The lowest BCUT2D eigenvalue weighted by atomic mass is 9.88. The van der Waals surface area contributed by atoms with E-state index < -0.39 is 59.6 Å². The van der Waals surface area contributed by atoms with E-state index in [0.29, 0.717) is 35.6 Å². The lowest BCUT2D eigenvalue weighted by Gasteiger charge is -2.43. The first kappa shape index (κ1) is 35.3. The molecule has 0 aliphatic carbocycles. The number of carboxylic acids is 1. The normalized spacial score (nSPS) is 16.9. The van der Waals surface area contributed by atoms with Crippen LogP contribution in [0.1, 0.15) is 68.8 Å². The zero-order chi connectivity index (χ0) is 34.9. The molecule has 1 aliphatic rings. The van der Waals surface area contributed by atoms with Gasteiger partial charge in [-0.2, -0.15) is 31.1 Å². The Balaban J connectivity index is 1.93. The Bertz CT molecular complexity index is 1580. The highest BCUT2D eigenvalue weighted by Gasteiger charge is 2.42. The molecule has 3 aromatic rings. The van der Waals surface area contributed by atoms with Gasteiger partial charge in [0.05, 0.1) is 48.5 Å². The second kappa shape index (κ2) is 13.3. The molecule has 0 fully saturated rings. The van der Waals surface area contributed by atoms with E-state index >= 15 is 0 Å². The van der Waals surface area contributed by atoms with Crippen LogP contribution in [0.2, 0.25) is 0 Å². The van der Waals surface area contributed by atoms with Gasteiger partial charge in [0, 0.05) is 18.2 Å². The smallest absolute Gasteiger partial charge is 0.416 e. The van der Waals surface area contributed by atoms with Gasteiger partial charge in [0.2, 0.25) is 0 Å². The average molecular weight is 673 g/mol. The molecule has 1 aliphatic heterocycles. The molecule has 2 aromatic carbocycles. The van der Waals surface area contributed by atoms with Crippen LogP contribution in [0.4, 0.5) is 42.8 Å². The summed E-state index contributed by atoms with van der Waals surface area (Å²) in [5.41, 5.74) is -3.85. The highest BCUT2D eigenvalue weighted by Crippen LogP contribution is 2.45. The Morgan fingerprint density at radius 3 is 2.19 bits per heavy atom. The largest absolute Gasteiger partial charge is 0.497 e. The third kappa shape index (κ3) is 7.71. The SMILES string of the molecule is CCOC(=O)N1c2ccc(OC)cc2C(N(Cc2cc(C(F)(F)F)cc(C(F)(F)F)c2)c2nnn(CC(C)(C)C(=O)O)n2)C[C@H]1CC. The van der Waals surface area contributed by atoms with Gasteiger partial charge in [-0.15, -0.1) is 5.10 Å². The summed E-state index contributed by atoms with van der Waals surface area (Å²) in [6, 6.07) is 4.77. The van der Waals surface area contributed by atoms with Crippen molar-refractivity contribution in [3.05, 3.63) is 58.7 Å². The van der Waals surface area contributed by atoms with E-state index in [1.807, 2.05) is 6.92 Å². The van der Waals surface area contributed by atoms with Crippen LogP contribution in [0.25, 0.3) is 0 Å². The number of hydrogen-bond acceptors (Lipinski definition) is 8. The summed E-state index contributed by atoms with van der Waals surface area (Å²) in [7, 11) is 1.41. The number of alkyl halides is 6. The summed E-state index contributed by atoms with van der Waals surface area (Å²) >= 11 is 0. The third-order valence-corrected chi connectivity index (χ3v) is 7.84. The highest BCUT2D eigenvalue weighted by molar-refractivity contribution is 5.90. The van der Waals surface area contributed by atoms with Crippen LogP contribution in [0, 0.1) is 5.41 Å². The van der Waals surface area contributed by atoms with Crippen LogP contribution >= 0.6 is 0 Å². The quantitative estimate of drug-likeness (QED) is 0.234. The van der Waals surface area contributed by atoms with Crippen molar-refractivity contribution >= 4 is 23.7 Å². The van der Waals surface area contributed by atoms with Gasteiger partial charge in [0.25, 0.3) is 5.95 Å². The molecule has 0 spiro atoms. The second-order valence-electron chi connectivity index (χ2n) is 11.7. The Morgan fingerprint density at radius 1 is 1.02 bits per heavy atom. The van der Waals surface area contributed by atoms with E-state index in [4.69, 9.17) is 9.47 Å². The van der Waals surface area contributed by atoms with E-state index in [-0.39, 0.29) is 37.2 Å². The van der Waals surface area contributed by atoms with E-state index in [9.17, 15) is 41.0 Å². The molecule has 47 heavy (non-hydrogen) atoms. The molecule has 4 rings (SSSR count). The maximum atomic E-state index is 13.8. The first-order valence-corrected chi connectivity index (χ1v) is 14.6. The number of carbonyl (C=O) groups excluding carboxylic acids is 1. The zero-order valence-corrected chi connectivity index (χ0v) is 26.2. The number of aromatic nitrogens is 4. The summed E-state index contributed by atoms with van der Waals surface area (Å²) in [5, 5.41) is 21.9. The molecule has 0 saturated carbocycles. The number of nitrogens with zero attached hydrogens (tertiary/aromatic N) is 6. The van der Waals surface area contributed by atoms with Crippen molar-refractivity contribution in [3.8, 4) is 5.75 Å². The predicted molar refractivity (Wildman–Crippen MR) is 156 cm³/mol. The first-order valence-electron chi connectivity index (χ1n) is 14.6. The topological polar surface area (TPSA) is 123 Å². The number of anilines is 2. The lowest BCUT2D eigenvalue weighted by Crippen LogP contribution is -2.48. The molecule has 256 valence electrons. The minimum atomic E-state index is -5.08. The molecule has 0 saturated heterocycles. The van der Waals surface area contributed by atoms with Gasteiger partial charge in [-0.3, -0.25) is 9.69 Å². The van der Waals surface area contributed by atoms with Crippen LogP contribution in [-0.4, -0.2) is 57.1 Å². The third-order valence-electron chi connectivity index (χ3n) is 7.84. The van der Waals surface area contributed by atoms with Crippen molar-refractivity contribution < 1.29 is 50.5 Å². The number of aliphatic carboxylic acids is 1. The molecule has 2 atom stereocenters. The highest BCUT2D eigenvalue weighted by atomic mass is 19.4. The van der Waals surface area contributed by atoms with Gasteiger partial charge in [0.1, 0.15) is 5.75 Å².